The summed E-state index contributed by atoms with van der Waals surface area (Å²) in [5.41, 5.74) is 7.14. The number of hydrogen-bond acceptors (Lipinski definition) is 3. The number of aromatic nitrogens is 2. The molecule has 0 aromatic carbocycles. The molecular weight excluding hydrogens is 166 g/mol. The van der Waals surface area contributed by atoms with Crippen molar-refractivity contribution in [3.05, 3.63) is 30.1 Å². The van der Waals surface area contributed by atoms with Gasteiger partial charge in [0.05, 0.1) is 18.3 Å². The predicted octanol–water partition coefficient (Wildman–Crippen LogP) is 0.555. The zero-order valence-electron chi connectivity index (χ0n) is 7.07. The monoisotopic (exact) mass is 177 g/mol. The highest BCUT2D eigenvalue weighted by atomic mass is 16.3. The molecule has 4 heteroatoms. The standard InChI is InChI=1S/C9H11N3O/c10-7(5-13)8-2-1-6-3-4-11-9(6)12-8/h1-4,7,13H,5,10H2,(H,11,12). The molecule has 4 N–H and O–H groups in total. The molecule has 0 amide bonds. The van der Waals surface area contributed by atoms with Crippen molar-refractivity contribution in [1.82, 2.24) is 9.97 Å². The Morgan fingerprint density at radius 3 is 3.08 bits per heavy atom. The Labute approximate surface area is 75.4 Å². The van der Waals surface area contributed by atoms with Crippen molar-refractivity contribution < 1.29 is 5.11 Å². The second-order valence-corrected chi connectivity index (χ2v) is 2.94. The Kier molecular flexibility index (Phi) is 2.00. The number of aliphatic hydroxyl groups excluding tert-OH is 1. The average Bonchev–Trinajstić information content (AvgIpc) is 2.63. The maximum atomic E-state index is 8.84. The topological polar surface area (TPSA) is 74.9 Å². The van der Waals surface area contributed by atoms with Crippen LogP contribution in [0.5, 0.6) is 0 Å². The maximum absolute atomic E-state index is 8.84. The first-order valence-corrected chi connectivity index (χ1v) is 4.12. The van der Waals surface area contributed by atoms with Gasteiger partial charge in [0.25, 0.3) is 0 Å². The predicted molar refractivity (Wildman–Crippen MR) is 50.1 cm³/mol. The lowest BCUT2D eigenvalue weighted by atomic mass is 10.2. The molecule has 0 spiro atoms. The third-order valence-corrected chi connectivity index (χ3v) is 2.01. The van der Waals surface area contributed by atoms with Gasteiger partial charge in [-0.1, -0.05) is 0 Å². The van der Waals surface area contributed by atoms with Crippen molar-refractivity contribution in [1.29, 1.82) is 0 Å². The van der Waals surface area contributed by atoms with Crippen LogP contribution in [0.3, 0.4) is 0 Å². The molecule has 2 aromatic heterocycles. The normalized spacial score (nSPS) is 13.4. The number of nitrogens with one attached hydrogen (secondary N) is 1. The molecule has 68 valence electrons. The fourth-order valence-electron chi connectivity index (χ4n) is 1.25. The third-order valence-electron chi connectivity index (χ3n) is 2.01. The van der Waals surface area contributed by atoms with Gasteiger partial charge in [-0.05, 0) is 18.2 Å². The molecule has 13 heavy (non-hydrogen) atoms. The summed E-state index contributed by atoms with van der Waals surface area (Å²) in [6, 6.07) is 5.31. The van der Waals surface area contributed by atoms with Gasteiger partial charge in [-0.25, -0.2) is 4.98 Å². The van der Waals surface area contributed by atoms with Gasteiger partial charge in [0, 0.05) is 11.6 Å². The number of rotatable bonds is 2. The summed E-state index contributed by atoms with van der Waals surface area (Å²) in [6.45, 7) is -0.0841. The number of fused-ring (bicyclic) bond motifs is 1. The maximum Gasteiger partial charge on any atom is 0.137 e. The van der Waals surface area contributed by atoms with Crippen LogP contribution < -0.4 is 5.73 Å². The smallest absolute Gasteiger partial charge is 0.137 e. The van der Waals surface area contributed by atoms with E-state index in [9.17, 15) is 0 Å². The minimum absolute atomic E-state index is 0.0841. The molecule has 0 bridgehead atoms. The minimum Gasteiger partial charge on any atom is -0.394 e. The van der Waals surface area contributed by atoms with E-state index < -0.39 is 6.04 Å². The Bertz CT molecular complexity index is 410. The van der Waals surface area contributed by atoms with Crippen LogP contribution in [0.1, 0.15) is 11.7 Å². The summed E-state index contributed by atoms with van der Waals surface area (Å²) in [6.07, 6.45) is 1.83. The highest BCUT2D eigenvalue weighted by Crippen LogP contribution is 2.13. The second kappa shape index (κ2) is 3.16. The Morgan fingerprint density at radius 2 is 2.31 bits per heavy atom. The van der Waals surface area contributed by atoms with Crippen molar-refractivity contribution in [2.75, 3.05) is 6.61 Å². The van der Waals surface area contributed by atoms with Gasteiger partial charge >= 0.3 is 0 Å². The fraction of sp³-hybridized carbons (Fsp3) is 0.222. The van der Waals surface area contributed by atoms with Crippen LogP contribution in [0.25, 0.3) is 11.0 Å². The lowest BCUT2D eigenvalue weighted by Gasteiger charge is -2.06. The van der Waals surface area contributed by atoms with Gasteiger partial charge in [0.15, 0.2) is 0 Å². The quantitative estimate of drug-likeness (QED) is 0.627. The molecule has 1 unspecified atom stereocenters. The molecule has 0 aliphatic heterocycles. The first kappa shape index (κ1) is 8.22. The van der Waals surface area contributed by atoms with Crippen LogP contribution in [-0.2, 0) is 0 Å². The van der Waals surface area contributed by atoms with E-state index >= 15 is 0 Å². The summed E-state index contributed by atoms with van der Waals surface area (Å²) >= 11 is 0. The van der Waals surface area contributed by atoms with Crippen molar-refractivity contribution in [3.8, 4) is 0 Å². The van der Waals surface area contributed by atoms with Gasteiger partial charge in [0.1, 0.15) is 5.65 Å². The summed E-state index contributed by atoms with van der Waals surface area (Å²) in [5.74, 6) is 0. The Balaban J connectivity index is 2.48. The third kappa shape index (κ3) is 1.41. The number of hydrogen-bond donors (Lipinski definition) is 3. The van der Waals surface area contributed by atoms with E-state index in [-0.39, 0.29) is 6.61 Å². The van der Waals surface area contributed by atoms with Gasteiger partial charge in [-0.15, -0.1) is 0 Å². The Morgan fingerprint density at radius 1 is 1.46 bits per heavy atom. The van der Waals surface area contributed by atoms with Crippen molar-refractivity contribution in [2.45, 2.75) is 6.04 Å². The molecule has 0 radical (unpaired) electrons. The molecule has 0 aliphatic carbocycles. The lowest BCUT2D eigenvalue weighted by molar-refractivity contribution is 0.266. The van der Waals surface area contributed by atoms with Crippen LogP contribution in [-0.4, -0.2) is 21.7 Å². The van der Waals surface area contributed by atoms with E-state index in [0.717, 1.165) is 11.0 Å². The number of aliphatic hydroxyl groups is 1. The molecule has 2 heterocycles. The zero-order valence-corrected chi connectivity index (χ0v) is 7.07. The minimum atomic E-state index is -0.396. The molecular formula is C9H11N3O. The van der Waals surface area contributed by atoms with Crippen molar-refractivity contribution in [2.24, 2.45) is 5.73 Å². The fourth-order valence-corrected chi connectivity index (χ4v) is 1.25. The van der Waals surface area contributed by atoms with E-state index in [1.807, 2.05) is 24.4 Å². The summed E-state index contributed by atoms with van der Waals surface area (Å²) in [5, 5.41) is 9.89. The number of pyridine rings is 1. The van der Waals surface area contributed by atoms with Crippen LogP contribution >= 0.6 is 0 Å². The summed E-state index contributed by atoms with van der Waals surface area (Å²) in [7, 11) is 0. The van der Waals surface area contributed by atoms with Gasteiger partial charge in [-0.2, -0.15) is 0 Å². The van der Waals surface area contributed by atoms with Gasteiger partial charge in [-0.3, -0.25) is 0 Å². The number of H-pyrrole nitrogens is 1. The largest absolute Gasteiger partial charge is 0.394 e. The zero-order chi connectivity index (χ0) is 9.26. The molecule has 2 rings (SSSR count). The first-order chi connectivity index (χ1) is 6.31. The van der Waals surface area contributed by atoms with E-state index in [2.05, 4.69) is 9.97 Å². The lowest BCUT2D eigenvalue weighted by Crippen LogP contribution is -2.15. The first-order valence-electron chi connectivity index (χ1n) is 4.12. The van der Waals surface area contributed by atoms with Crippen LogP contribution in [0.2, 0.25) is 0 Å². The molecule has 0 saturated carbocycles. The molecule has 0 saturated heterocycles. The van der Waals surface area contributed by atoms with E-state index in [1.54, 1.807) is 0 Å². The summed E-state index contributed by atoms with van der Waals surface area (Å²) < 4.78 is 0. The SMILES string of the molecule is NC(CO)c1ccc2cc[nH]c2n1. The van der Waals surface area contributed by atoms with Crippen LogP contribution in [0.4, 0.5) is 0 Å². The average molecular weight is 177 g/mol. The second-order valence-electron chi connectivity index (χ2n) is 2.94. The van der Waals surface area contributed by atoms with E-state index in [1.165, 1.54) is 0 Å². The Hall–Kier alpha value is -1.39. The molecule has 1 atom stereocenters. The molecule has 4 nitrogen and oxygen atoms in total. The number of nitrogens with zero attached hydrogens (tertiary/aromatic N) is 1. The highest BCUT2D eigenvalue weighted by molar-refractivity contribution is 5.75. The van der Waals surface area contributed by atoms with Crippen molar-refractivity contribution in [3.63, 3.8) is 0 Å². The molecule has 0 aliphatic rings. The highest BCUT2D eigenvalue weighted by Gasteiger charge is 2.06. The van der Waals surface area contributed by atoms with Gasteiger partial charge < -0.3 is 15.8 Å². The van der Waals surface area contributed by atoms with Gasteiger partial charge in [0.2, 0.25) is 0 Å². The number of nitrogens with two attached hydrogens (primary N) is 1. The molecule has 0 fully saturated rings. The van der Waals surface area contributed by atoms with Crippen LogP contribution in [0, 0.1) is 0 Å². The number of aromatic amines is 1. The summed E-state index contributed by atoms with van der Waals surface area (Å²) in [4.78, 5) is 7.26. The van der Waals surface area contributed by atoms with E-state index in [0.29, 0.717) is 5.69 Å². The molecule has 2 aromatic rings. The van der Waals surface area contributed by atoms with Crippen molar-refractivity contribution >= 4 is 11.0 Å². The van der Waals surface area contributed by atoms with E-state index in [4.69, 9.17) is 10.8 Å². The van der Waals surface area contributed by atoms with Crippen LogP contribution in [0.15, 0.2) is 24.4 Å².